The summed E-state index contributed by atoms with van der Waals surface area (Å²) in [7, 11) is 0. The minimum absolute atomic E-state index is 0.0442. The quantitative estimate of drug-likeness (QED) is 0.631. The van der Waals surface area contributed by atoms with E-state index in [2.05, 4.69) is 9.97 Å². The summed E-state index contributed by atoms with van der Waals surface area (Å²) in [5.41, 5.74) is 0.648. The summed E-state index contributed by atoms with van der Waals surface area (Å²) in [6, 6.07) is 4.96. The highest BCUT2D eigenvalue weighted by molar-refractivity contribution is 6.29. The number of rotatable bonds is 0. The van der Waals surface area contributed by atoms with Crippen LogP contribution in [-0.4, -0.2) is 15.1 Å². The third-order valence-electron chi connectivity index (χ3n) is 1.53. The third kappa shape index (κ3) is 1.19. The van der Waals surface area contributed by atoms with E-state index >= 15 is 0 Å². The lowest BCUT2D eigenvalue weighted by Crippen LogP contribution is -1.81. The summed E-state index contributed by atoms with van der Waals surface area (Å²) in [6.07, 6.45) is 1.55. The predicted molar refractivity (Wildman–Crippen MR) is 46.2 cm³/mol. The predicted octanol–water partition coefficient (Wildman–Crippen LogP) is 1.99. The highest BCUT2D eigenvalue weighted by atomic mass is 35.5. The Balaban J connectivity index is 2.80. The van der Waals surface area contributed by atoms with Gasteiger partial charge in [0.05, 0.1) is 5.52 Å². The molecule has 4 heteroatoms. The Kier molecular flexibility index (Phi) is 1.59. The topological polar surface area (TPSA) is 46.0 Å². The van der Waals surface area contributed by atoms with Crippen molar-refractivity contribution in [2.45, 2.75) is 0 Å². The van der Waals surface area contributed by atoms with Gasteiger partial charge in [-0.2, -0.15) is 0 Å². The largest absolute Gasteiger partial charge is 0.493 e. The molecular formula is C8H5ClN2O. The molecular weight excluding hydrogens is 176 g/mol. The van der Waals surface area contributed by atoms with Crippen molar-refractivity contribution in [3.63, 3.8) is 0 Å². The van der Waals surface area contributed by atoms with Crippen molar-refractivity contribution in [1.82, 2.24) is 9.97 Å². The number of nitrogens with zero attached hydrogens (tertiary/aromatic N) is 2. The van der Waals surface area contributed by atoms with Gasteiger partial charge in [-0.15, -0.1) is 0 Å². The smallest absolute Gasteiger partial charge is 0.212 e. The molecule has 0 aliphatic rings. The van der Waals surface area contributed by atoms with Gasteiger partial charge in [0.1, 0.15) is 5.15 Å². The van der Waals surface area contributed by atoms with Crippen LogP contribution in [0.15, 0.2) is 24.4 Å². The van der Waals surface area contributed by atoms with Crippen LogP contribution in [0.1, 0.15) is 0 Å². The lowest BCUT2D eigenvalue weighted by Gasteiger charge is -1.96. The van der Waals surface area contributed by atoms with Crippen LogP contribution in [0.25, 0.3) is 10.9 Å². The van der Waals surface area contributed by atoms with Crippen molar-refractivity contribution in [3.05, 3.63) is 29.5 Å². The van der Waals surface area contributed by atoms with Gasteiger partial charge in [0.2, 0.25) is 5.88 Å². The molecule has 60 valence electrons. The minimum atomic E-state index is -0.0442. The maximum Gasteiger partial charge on any atom is 0.212 e. The van der Waals surface area contributed by atoms with Gasteiger partial charge in [-0.1, -0.05) is 11.6 Å². The highest BCUT2D eigenvalue weighted by Gasteiger charge is 1.97. The van der Waals surface area contributed by atoms with E-state index in [4.69, 9.17) is 16.7 Å². The Morgan fingerprint density at radius 3 is 3.00 bits per heavy atom. The van der Waals surface area contributed by atoms with Crippen LogP contribution < -0.4 is 0 Å². The van der Waals surface area contributed by atoms with Crippen molar-refractivity contribution in [2.24, 2.45) is 0 Å². The molecule has 0 saturated carbocycles. The van der Waals surface area contributed by atoms with E-state index < -0.39 is 0 Å². The molecule has 0 aliphatic heterocycles. The van der Waals surface area contributed by atoms with Gasteiger partial charge in [0, 0.05) is 17.6 Å². The normalized spacial score (nSPS) is 10.4. The van der Waals surface area contributed by atoms with Gasteiger partial charge >= 0.3 is 0 Å². The number of halogens is 1. The van der Waals surface area contributed by atoms with Gasteiger partial charge in [0.15, 0.2) is 0 Å². The van der Waals surface area contributed by atoms with Crippen LogP contribution >= 0.6 is 11.6 Å². The van der Waals surface area contributed by atoms with Crippen LogP contribution in [-0.2, 0) is 0 Å². The van der Waals surface area contributed by atoms with Crippen LogP contribution in [0.3, 0.4) is 0 Å². The fraction of sp³-hybridized carbons (Fsp3) is 0. The summed E-state index contributed by atoms with van der Waals surface area (Å²) in [5, 5.41) is 10.3. The molecule has 0 atom stereocenters. The first-order valence-corrected chi connectivity index (χ1v) is 3.75. The van der Waals surface area contributed by atoms with Crippen molar-refractivity contribution in [1.29, 1.82) is 0 Å². The molecule has 3 nitrogen and oxygen atoms in total. The van der Waals surface area contributed by atoms with Crippen molar-refractivity contribution in [3.8, 4) is 5.88 Å². The van der Waals surface area contributed by atoms with E-state index in [1.54, 1.807) is 18.3 Å². The van der Waals surface area contributed by atoms with Gasteiger partial charge in [-0.05, 0) is 12.1 Å². The maximum atomic E-state index is 9.03. The zero-order valence-corrected chi connectivity index (χ0v) is 6.78. The molecule has 0 unspecified atom stereocenters. The van der Waals surface area contributed by atoms with E-state index in [0.717, 1.165) is 5.39 Å². The van der Waals surface area contributed by atoms with E-state index in [0.29, 0.717) is 10.7 Å². The first kappa shape index (κ1) is 7.31. The second kappa shape index (κ2) is 2.60. The molecule has 2 aromatic heterocycles. The van der Waals surface area contributed by atoms with E-state index in [-0.39, 0.29) is 5.88 Å². The molecule has 2 aromatic rings. The lowest BCUT2D eigenvalue weighted by molar-refractivity contribution is 0.454. The lowest BCUT2D eigenvalue weighted by atomic mass is 10.3. The third-order valence-corrected chi connectivity index (χ3v) is 1.74. The second-order valence-corrected chi connectivity index (χ2v) is 2.76. The number of aromatic nitrogens is 2. The SMILES string of the molecule is Oc1cc2nc(Cl)ccc2cn1. The molecule has 0 spiro atoms. The summed E-state index contributed by atoms with van der Waals surface area (Å²) in [4.78, 5) is 7.71. The van der Waals surface area contributed by atoms with Crippen LogP contribution in [0.5, 0.6) is 5.88 Å². The van der Waals surface area contributed by atoms with E-state index in [1.807, 2.05) is 0 Å². The van der Waals surface area contributed by atoms with Gasteiger partial charge in [-0.3, -0.25) is 0 Å². The molecule has 0 aliphatic carbocycles. The van der Waals surface area contributed by atoms with Gasteiger partial charge in [-0.25, -0.2) is 9.97 Å². The van der Waals surface area contributed by atoms with Crippen LogP contribution in [0.4, 0.5) is 0 Å². The van der Waals surface area contributed by atoms with Crippen molar-refractivity contribution < 1.29 is 5.11 Å². The zero-order valence-electron chi connectivity index (χ0n) is 6.03. The Bertz CT molecular complexity index is 394. The Labute approximate surface area is 73.6 Å². The Hall–Kier alpha value is -1.35. The summed E-state index contributed by atoms with van der Waals surface area (Å²) < 4.78 is 0. The number of aromatic hydroxyl groups is 1. The summed E-state index contributed by atoms with van der Waals surface area (Å²) in [5.74, 6) is -0.0442. The first-order chi connectivity index (χ1) is 5.75. The number of pyridine rings is 2. The summed E-state index contributed by atoms with van der Waals surface area (Å²) in [6.45, 7) is 0. The molecule has 2 rings (SSSR count). The molecule has 0 radical (unpaired) electrons. The fourth-order valence-corrected chi connectivity index (χ4v) is 1.13. The maximum absolute atomic E-state index is 9.03. The van der Waals surface area contributed by atoms with Gasteiger partial charge < -0.3 is 5.11 Å². The van der Waals surface area contributed by atoms with E-state index in [1.165, 1.54) is 6.07 Å². The first-order valence-electron chi connectivity index (χ1n) is 3.37. The molecule has 0 aromatic carbocycles. The number of hydrogen-bond acceptors (Lipinski definition) is 3. The molecule has 0 saturated heterocycles. The Morgan fingerprint density at radius 1 is 1.33 bits per heavy atom. The number of fused-ring (bicyclic) bond motifs is 1. The molecule has 1 N–H and O–H groups in total. The molecule has 0 amide bonds. The molecule has 2 heterocycles. The highest BCUT2D eigenvalue weighted by Crippen LogP contribution is 2.17. The summed E-state index contributed by atoms with van der Waals surface area (Å²) >= 11 is 5.66. The standard InChI is InChI=1S/C8H5ClN2O/c9-7-2-1-5-4-10-8(12)3-6(5)11-7/h1-4H,(H,10,12). The minimum Gasteiger partial charge on any atom is -0.493 e. The average Bonchev–Trinajstić information content (AvgIpc) is 2.03. The number of hydrogen-bond donors (Lipinski definition) is 1. The van der Waals surface area contributed by atoms with Crippen LogP contribution in [0, 0.1) is 0 Å². The average molecular weight is 181 g/mol. The van der Waals surface area contributed by atoms with Gasteiger partial charge in [0.25, 0.3) is 0 Å². The van der Waals surface area contributed by atoms with Crippen LogP contribution in [0.2, 0.25) is 5.15 Å². The van der Waals surface area contributed by atoms with E-state index in [9.17, 15) is 0 Å². The zero-order chi connectivity index (χ0) is 8.55. The monoisotopic (exact) mass is 180 g/mol. The fourth-order valence-electron chi connectivity index (χ4n) is 0.981. The van der Waals surface area contributed by atoms with Crippen molar-refractivity contribution in [2.75, 3.05) is 0 Å². The van der Waals surface area contributed by atoms with Crippen molar-refractivity contribution >= 4 is 22.5 Å². The Morgan fingerprint density at radius 2 is 2.17 bits per heavy atom. The molecule has 0 fully saturated rings. The molecule has 12 heavy (non-hydrogen) atoms. The molecule has 0 bridgehead atoms. The second-order valence-electron chi connectivity index (χ2n) is 2.37.